The second-order valence-electron chi connectivity index (χ2n) is 7.55. The molecule has 152 valence electrons. The van der Waals surface area contributed by atoms with Gasteiger partial charge in [0.25, 0.3) is 0 Å². The third-order valence-electron chi connectivity index (χ3n) is 4.27. The normalized spacial score (nSPS) is 25.8. The number of amides is 1. The van der Waals surface area contributed by atoms with E-state index in [1.54, 1.807) is 0 Å². The van der Waals surface area contributed by atoms with Gasteiger partial charge in [-0.05, 0) is 39.2 Å². The van der Waals surface area contributed by atoms with Gasteiger partial charge in [0.1, 0.15) is 0 Å². The standard InChI is InChI=1S/C15H28N2O2.C2HF3O2/c1-10(2)5-6-17-8-12-7-13(14(9-17)19-12)15(18)16-11(3)4;3-2(4,5)1(6)7/h10-14H,5-9H2,1-4H3,(H,16,18);(H,6,7). The van der Waals surface area contributed by atoms with Crippen molar-refractivity contribution in [2.24, 2.45) is 11.8 Å². The number of rotatable bonds is 5. The maximum atomic E-state index is 12.2. The zero-order valence-electron chi connectivity index (χ0n) is 15.7. The second kappa shape index (κ2) is 9.55. The quantitative estimate of drug-likeness (QED) is 0.763. The van der Waals surface area contributed by atoms with Crippen molar-refractivity contribution in [1.82, 2.24) is 10.2 Å². The summed E-state index contributed by atoms with van der Waals surface area (Å²) in [5.41, 5.74) is 0. The number of hydrogen-bond donors (Lipinski definition) is 2. The lowest BCUT2D eigenvalue weighted by Gasteiger charge is -2.33. The molecule has 0 saturated carbocycles. The molecule has 1 amide bonds. The Bertz CT molecular complexity index is 483. The molecule has 0 radical (unpaired) electrons. The molecule has 0 aromatic rings. The van der Waals surface area contributed by atoms with Crippen LogP contribution in [-0.2, 0) is 14.3 Å². The summed E-state index contributed by atoms with van der Waals surface area (Å²) in [6.07, 6.45) is -2.61. The molecule has 0 aromatic heterocycles. The fourth-order valence-corrected chi connectivity index (χ4v) is 3.03. The summed E-state index contributed by atoms with van der Waals surface area (Å²) in [4.78, 5) is 23.5. The summed E-state index contributed by atoms with van der Waals surface area (Å²) in [6.45, 7) is 11.6. The number of hydrogen-bond acceptors (Lipinski definition) is 4. The number of morpholine rings is 1. The molecule has 2 saturated heterocycles. The van der Waals surface area contributed by atoms with Gasteiger partial charge in [-0.3, -0.25) is 9.69 Å². The van der Waals surface area contributed by atoms with Crippen LogP contribution in [0.1, 0.15) is 40.5 Å². The predicted octanol–water partition coefficient (Wildman–Crippen LogP) is 2.28. The van der Waals surface area contributed by atoms with Crippen molar-refractivity contribution in [3.8, 4) is 0 Å². The predicted molar refractivity (Wildman–Crippen MR) is 89.6 cm³/mol. The summed E-state index contributed by atoms with van der Waals surface area (Å²) in [7, 11) is 0. The number of nitrogens with zero attached hydrogens (tertiary/aromatic N) is 1. The van der Waals surface area contributed by atoms with Crippen molar-refractivity contribution in [1.29, 1.82) is 0 Å². The van der Waals surface area contributed by atoms with E-state index in [-0.39, 0.29) is 30.1 Å². The largest absolute Gasteiger partial charge is 0.490 e. The van der Waals surface area contributed by atoms with Gasteiger partial charge in [0, 0.05) is 19.1 Å². The Hall–Kier alpha value is -1.35. The number of likely N-dealkylation sites (tertiary alicyclic amines) is 1. The number of aliphatic carboxylic acids is 1. The molecule has 0 aliphatic carbocycles. The van der Waals surface area contributed by atoms with Crippen LogP contribution in [0.5, 0.6) is 0 Å². The number of alkyl halides is 3. The Labute approximate surface area is 152 Å². The molecule has 3 atom stereocenters. The van der Waals surface area contributed by atoms with Crippen LogP contribution in [0.15, 0.2) is 0 Å². The smallest absolute Gasteiger partial charge is 0.475 e. The number of fused-ring (bicyclic) bond motifs is 2. The number of carbonyl (C=O) groups is 2. The van der Waals surface area contributed by atoms with Crippen LogP contribution >= 0.6 is 0 Å². The van der Waals surface area contributed by atoms with Gasteiger partial charge in [0.05, 0.1) is 18.1 Å². The Morgan fingerprint density at radius 1 is 1.23 bits per heavy atom. The van der Waals surface area contributed by atoms with E-state index in [9.17, 15) is 18.0 Å². The summed E-state index contributed by atoms with van der Waals surface area (Å²) in [5, 5.41) is 10.1. The molecule has 6 nitrogen and oxygen atoms in total. The molecule has 2 N–H and O–H groups in total. The van der Waals surface area contributed by atoms with E-state index in [0.29, 0.717) is 0 Å². The fraction of sp³-hybridized carbons (Fsp3) is 0.882. The third kappa shape index (κ3) is 7.49. The van der Waals surface area contributed by atoms with Crippen LogP contribution in [0.3, 0.4) is 0 Å². The lowest BCUT2D eigenvalue weighted by molar-refractivity contribution is -0.192. The van der Waals surface area contributed by atoms with Gasteiger partial charge in [-0.25, -0.2) is 4.79 Å². The van der Waals surface area contributed by atoms with E-state index in [1.165, 1.54) is 6.42 Å². The minimum absolute atomic E-state index is 0.0523. The average molecular weight is 382 g/mol. The van der Waals surface area contributed by atoms with Gasteiger partial charge in [0.2, 0.25) is 5.91 Å². The Balaban J connectivity index is 0.000000412. The van der Waals surface area contributed by atoms with Crippen molar-refractivity contribution >= 4 is 11.9 Å². The molecule has 2 heterocycles. The molecule has 2 bridgehead atoms. The molecular formula is C17H29F3N2O4. The molecule has 26 heavy (non-hydrogen) atoms. The maximum absolute atomic E-state index is 12.2. The lowest BCUT2D eigenvalue weighted by atomic mass is 9.99. The number of carboxylic acids is 1. The number of nitrogens with one attached hydrogen (secondary N) is 1. The van der Waals surface area contributed by atoms with Crippen molar-refractivity contribution < 1.29 is 32.6 Å². The van der Waals surface area contributed by atoms with Gasteiger partial charge in [-0.1, -0.05) is 13.8 Å². The van der Waals surface area contributed by atoms with Crippen LogP contribution in [0.25, 0.3) is 0 Å². The Kier molecular flexibility index (Phi) is 8.33. The average Bonchev–Trinajstić information content (AvgIpc) is 2.79. The van der Waals surface area contributed by atoms with Crippen LogP contribution < -0.4 is 5.32 Å². The topological polar surface area (TPSA) is 78.9 Å². The number of halogens is 3. The molecule has 2 aliphatic rings. The highest BCUT2D eigenvalue weighted by molar-refractivity contribution is 5.80. The summed E-state index contributed by atoms with van der Waals surface area (Å²) in [5.74, 6) is -1.79. The first-order valence-corrected chi connectivity index (χ1v) is 8.88. The molecule has 2 rings (SSSR count). The van der Waals surface area contributed by atoms with Gasteiger partial charge in [-0.15, -0.1) is 0 Å². The zero-order valence-corrected chi connectivity index (χ0v) is 15.7. The monoisotopic (exact) mass is 382 g/mol. The highest BCUT2D eigenvalue weighted by atomic mass is 19.4. The SMILES string of the molecule is CC(C)CCN1CC2CC(C(=O)NC(C)C)C(C1)O2.O=C(O)C(F)(F)F. The summed E-state index contributed by atoms with van der Waals surface area (Å²) >= 11 is 0. The Morgan fingerprint density at radius 3 is 2.27 bits per heavy atom. The molecule has 0 aromatic carbocycles. The van der Waals surface area contributed by atoms with Gasteiger partial charge in [-0.2, -0.15) is 13.2 Å². The molecule has 3 unspecified atom stereocenters. The van der Waals surface area contributed by atoms with E-state index in [1.807, 2.05) is 13.8 Å². The number of carbonyl (C=O) groups excluding carboxylic acids is 1. The van der Waals surface area contributed by atoms with E-state index >= 15 is 0 Å². The first-order valence-electron chi connectivity index (χ1n) is 8.88. The molecule has 9 heteroatoms. The maximum Gasteiger partial charge on any atom is 0.490 e. The van der Waals surface area contributed by atoms with Crippen molar-refractivity contribution in [3.05, 3.63) is 0 Å². The lowest BCUT2D eigenvalue weighted by Crippen LogP contribution is -2.46. The van der Waals surface area contributed by atoms with Crippen molar-refractivity contribution in [3.63, 3.8) is 0 Å². The van der Waals surface area contributed by atoms with Crippen LogP contribution in [0, 0.1) is 11.8 Å². The van der Waals surface area contributed by atoms with Gasteiger partial charge < -0.3 is 15.2 Å². The molecule has 2 fully saturated rings. The van der Waals surface area contributed by atoms with E-state index in [0.717, 1.165) is 32.0 Å². The van der Waals surface area contributed by atoms with Crippen molar-refractivity contribution in [2.75, 3.05) is 19.6 Å². The number of carboxylic acid groups (broad SMARTS) is 1. The van der Waals surface area contributed by atoms with E-state index in [2.05, 4.69) is 24.1 Å². The van der Waals surface area contributed by atoms with Crippen LogP contribution in [0.2, 0.25) is 0 Å². The summed E-state index contributed by atoms with van der Waals surface area (Å²) < 4.78 is 37.7. The minimum Gasteiger partial charge on any atom is -0.475 e. The first-order chi connectivity index (χ1) is 11.9. The highest BCUT2D eigenvalue weighted by Crippen LogP contribution is 2.32. The highest BCUT2D eigenvalue weighted by Gasteiger charge is 2.44. The summed E-state index contributed by atoms with van der Waals surface area (Å²) in [6, 6.07) is 0.213. The van der Waals surface area contributed by atoms with E-state index < -0.39 is 12.1 Å². The number of ether oxygens (including phenoxy) is 1. The van der Waals surface area contributed by atoms with Crippen LogP contribution in [-0.4, -0.2) is 65.9 Å². The molecule has 0 spiro atoms. The van der Waals surface area contributed by atoms with Gasteiger partial charge in [0.15, 0.2) is 0 Å². The molecular weight excluding hydrogens is 353 g/mol. The Morgan fingerprint density at radius 2 is 1.81 bits per heavy atom. The fourth-order valence-electron chi connectivity index (χ4n) is 3.03. The zero-order chi connectivity index (χ0) is 20.1. The minimum atomic E-state index is -5.08. The van der Waals surface area contributed by atoms with E-state index in [4.69, 9.17) is 14.6 Å². The first kappa shape index (κ1) is 22.7. The molecule has 2 aliphatic heterocycles. The van der Waals surface area contributed by atoms with Crippen LogP contribution in [0.4, 0.5) is 13.2 Å². The van der Waals surface area contributed by atoms with Gasteiger partial charge >= 0.3 is 12.1 Å². The second-order valence-corrected chi connectivity index (χ2v) is 7.55. The van der Waals surface area contributed by atoms with Crippen molar-refractivity contribution in [2.45, 2.75) is 65.0 Å². The third-order valence-corrected chi connectivity index (χ3v) is 4.27.